The highest BCUT2D eigenvalue weighted by Gasteiger charge is 2.29. The zero-order valence-electron chi connectivity index (χ0n) is 21.0. The third-order valence-electron chi connectivity index (χ3n) is 6.11. The minimum Gasteiger partial charge on any atom is -0.497 e. The van der Waals surface area contributed by atoms with E-state index in [1.165, 1.54) is 0 Å². The van der Waals surface area contributed by atoms with Crippen molar-refractivity contribution in [3.05, 3.63) is 93.4 Å². The molecule has 0 fully saturated rings. The summed E-state index contributed by atoms with van der Waals surface area (Å²) in [7, 11) is 3.18. The van der Waals surface area contributed by atoms with Crippen molar-refractivity contribution < 1.29 is 14.3 Å². The summed E-state index contributed by atoms with van der Waals surface area (Å²) < 4.78 is 13.0. The summed E-state index contributed by atoms with van der Waals surface area (Å²) >= 11 is 3.49. The van der Waals surface area contributed by atoms with E-state index in [0.29, 0.717) is 53.4 Å². The number of nitrogens with zero attached hydrogens (tertiary/aromatic N) is 3. The predicted molar refractivity (Wildman–Crippen MR) is 149 cm³/mol. The number of halogens is 1. The lowest BCUT2D eigenvalue weighted by Gasteiger charge is -2.32. The number of carbonyl (C=O) groups excluding carboxylic acids is 1. The van der Waals surface area contributed by atoms with Crippen LogP contribution >= 0.6 is 15.9 Å². The van der Waals surface area contributed by atoms with Crippen molar-refractivity contribution >= 4 is 38.6 Å². The number of ether oxygens (including phenoxy) is 2. The molecule has 0 radical (unpaired) electrons. The number of amides is 2. The lowest BCUT2D eigenvalue weighted by molar-refractivity contribution is 0.131. The first-order valence-corrected chi connectivity index (χ1v) is 12.7. The van der Waals surface area contributed by atoms with E-state index in [-0.39, 0.29) is 11.6 Å². The van der Waals surface area contributed by atoms with Crippen molar-refractivity contribution in [2.75, 3.05) is 32.7 Å². The van der Waals surface area contributed by atoms with E-state index in [2.05, 4.69) is 21.2 Å². The maximum atomic E-state index is 13.8. The normalized spacial score (nSPS) is 11.8. The van der Waals surface area contributed by atoms with E-state index in [1.54, 1.807) is 41.9 Å². The average molecular weight is 565 g/mol. The van der Waals surface area contributed by atoms with Crippen LogP contribution in [-0.2, 0) is 4.74 Å². The van der Waals surface area contributed by atoms with Gasteiger partial charge in [0.1, 0.15) is 11.6 Å². The molecule has 0 aliphatic rings. The molecule has 1 heterocycles. The number of anilines is 1. The van der Waals surface area contributed by atoms with Gasteiger partial charge in [-0.1, -0.05) is 31.2 Å². The van der Waals surface area contributed by atoms with E-state index in [0.717, 1.165) is 4.47 Å². The lowest BCUT2D eigenvalue weighted by Crippen LogP contribution is -2.42. The van der Waals surface area contributed by atoms with Crippen LogP contribution in [0.25, 0.3) is 16.6 Å². The summed E-state index contributed by atoms with van der Waals surface area (Å²) in [5, 5.41) is 3.48. The Bertz CT molecular complexity index is 1440. The molecule has 4 aromatic rings. The standard InChI is InChI=1S/C28H29BrN4O4/c1-4-25(32(17-18-36-2)28(35)31-24-12-8-6-10-22(24)29)26-30-23-11-7-5-9-21(23)27(34)33(26)19-13-15-20(37-3)16-14-19/h5-16,25H,4,17-18H2,1-3H3,(H,31,35). The Kier molecular flexibility index (Phi) is 8.58. The molecule has 9 heteroatoms. The number of aromatic nitrogens is 2. The molecule has 1 unspecified atom stereocenters. The van der Waals surface area contributed by atoms with Crippen molar-refractivity contribution in [2.45, 2.75) is 19.4 Å². The fraction of sp³-hybridized carbons (Fsp3) is 0.250. The maximum Gasteiger partial charge on any atom is 0.322 e. The van der Waals surface area contributed by atoms with Crippen LogP contribution in [-0.4, -0.2) is 47.9 Å². The molecule has 0 aliphatic carbocycles. The van der Waals surface area contributed by atoms with Crippen molar-refractivity contribution in [1.29, 1.82) is 0 Å². The van der Waals surface area contributed by atoms with Gasteiger partial charge in [-0.05, 0) is 70.9 Å². The molecule has 37 heavy (non-hydrogen) atoms. The van der Waals surface area contributed by atoms with Crippen molar-refractivity contribution in [1.82, 2.24) is 14.5 Å². The van der Waals surface area contributed by atoms with Crippen molar-refractivity contribution in [3.8, 4) is 11.4 Å². The number of hydrogen-bond acceptors (Lipinski definition) is 5. The molecule has 2 amide bonds. The van der Waals surface area contributed by atoms with Gasteiger partial charge in [0.25, 0.3) is 5.56 Å². The predicted octanol–water partition coefficient (Wildman–Crippen LogP) is 5.79. The lowest BCUT2D eigenvalue weighted by atomic mass is 10.1. The molecule has 0 bridgehead atoms. The van der Waals surface area contributed by atoms with Crippen LogP contribution in [0, 0.1) is 0 Å². The first-order chi connectivity index (χ1) is 18.0. The summed E-state index contributed by atoms with van der Waals surface area (Å²) in [6, 6.07) is 21.0. The highest BCUT2D eigenvalue weighted by Crippen LogP contribution is 2.28. The molecule has 4 rings (SSSR count). The summed E-state index contributed by atoms with van der Waals surface area (Å²) in [5.41, 5.74) is 1.64. The molecular formula is C28H29BrN4O4. The Morgan fingerprint density at radius 3 is 2.43 bits per heavy atom. The molecular weight excluding hydrogens is 536 g/mol. The number of urea groups is 1. The van der Waals surface area contributed by atoms with Crippen LogP contribution in [0.15, 0.2) is 82.1 Å². The number of para-hydroxylation sites is 2. The van der Waals surface area contributed by atoms with E-state index in [1.807, 2.05) is 61.5 Å². The largest absolute Gasteiger partial charge is 0.497 e. The number of benzene rings is 3. The number of carbonyl (C=O) groups is 1. The Morgan fingerprint density at radius 2 is 1.76 bits per heavy atom. The first-order valence-electron chi connectivity index (χ1n) is 12.0. The van der Waals surface area contributed by atoms with Gasteiger partial charge in [-0.25, -0.2) is 9.78 Å². The van der Waals surface area contributed by atoms with E-state index < -0.39 is 6.04 Å². The van der Waals surface area contributed by atoms with Gasteiger partial charge in [-0.3, -0.25) is 9.36 Å². The molecule has 1 N–H and O–H groups in total. The van der Waals surface area contributed by atoms with Crippen LogP contribution in [0.4, 0.5) is 10.5 Å². The third-order valence-corrected chi connectivity index (χ3v) is 6.80. The van der Waals surface area contributed by atoms with Gasteiger partial charge in [-0.15, -0.1) is 0 Å². The number of hydrogen-bond donors (Lipinski definition) is 1. The molecule has 1 atom stereocenters. The highest BCUT2D eigenvalue weighted by atomic mass is 79.9. The molecule has 8 nitrogen and oxygen atoms in total. The van der Waals surface area contributed by atoms with Crippen molar-refractivity contribution in [3.63, 3.8) is 0 Å². The number of nitrogens with one attached hydrogen (secondary N) is 1. The number of rotatable bonds is 9. The Hall–Kier alpha value is -3.69. The topological polar surface area (TPSA) is 85.7 Å². The van der Waals surface area contributed by atoms with Crippen LogP contribution < -0.4 is 15.6 Å². The Balaban J connectivity index is 1.87. The van der Waals surface area contributed by atoms with Gasteiger partial charge in [0, 0.05) is 18.1 Å². The highest BCUT2D eigenvalue weighted by molar-refractivity contribution is 9.10. The van der Waals surface area contributed by atoms with Gasteiger partial charge in [0.2, 0.25) is 0 Å². The average Bonchev–Trinajstić information content (AvgIpc) is 2.92. The second-order valence-corrected chi connectivity index (χ2v) is 9.20. The summed E-state index contributed by atoms with van der Waals surface area (Å²) in [6.07, 6.45) is 0.522. The van der Waals surface area contributed by atoms with Gasteiger partial charge >= 0.3 is 6.03 Å². The Labute approximate surface area is 224 Å². The van der Waals surface area contributed by atoms with Crippen LogP contribution in [0.1, 0.15) is 25.2 Å². The molecule has 192 valence electrons. The summed E-state index contributed by atoms with van der Waals surface area (Å²) in [4.78, 5) is 34.0. The quantitative estimate of drug-likeness (QED) is 0.278. The van der Waals surface area contributed by atoms with E-state index in [9.17, 15) is 9.59 Å². The van der Waals surface area contributed by atoms with Gasteiger partial charge < -0.3 is 19.7 Å². The fourth-order valence-corrected chi connectivity index (χ4v) is 4.62. The molecule has 0 saturated carbocycles. The molecule has 0 spiro atoms. The minimum absolute atomic E-state index is 0.206. The summed E-state index contributed by atoms with van der Waals surface area (Å²) in [6.45, 7) is 2.59. The van der Waals surface area contributed by atoms with Gasteiger partial charge in [-0.2, -0.15) is 0 Å². The fourth-order valence-electron chi connectivity index (χ4n) is 4.23. The van der Waals surface area contributed by atoms with E-state index in [4.69, 9.17) is 14.5 Å². The second-order valence-electron chi connectivity index (χ2n) is 8.35. The maximum absolute atomic E-state index is 13.8. The summed E-state index contributed by atoms with van der Waals surface area (Å²) in [5.74, 6) is 1.14. The number of fused-ring (bicyclic) bond motifs is 1. The molecule has 1 aromatic heterocycles. The van der Waals surface area contributed by atoms with Crippen molar-refractivity contribution in [2.24, 2.45) is 0 Å². The van der Waals surface area contributed by atoms with Crippen LogP contribution in [0.3, 0.4) is 0 Å². The molecule has 3 aromatic carbocycles. The zero-order valence-corrected chi connectivity index (χ0v) is 22.6. The van der Waals surface area contributed by atoms with E-state index >= 15 is 0 Å². The smallest absolute Gasteiger partial charge is 0.322 e. The second kappa shape index (κ2) is 12.0. The van der Waals surface area contributed by atoms with Gasteiger partial charge in [0.05, 0.1) is 42.0 Å². The molecule has 0 saturated heterocycles. The third kappa shape index (κ3) is 5.68. The van der Waals surface area contributed by atoms with Crippen LogP contribution in [0.2, 0.25) is 0 Å². The first kappa shape index (κ1) is 26.4. The number of methoxy groups -OCH3 is 2. The monoisotopic (exact) mass is 564 g/mol. The SMILES string of the molecule is CCC(c1nc2ccccc2c(=O)n1-c1ccc(OC)cc1)N(CCOC)C(=O)Nc1ccccc1Br. The van der Waals surface area contributed by atoms with Crippen LogP contribution in [0.5, 0.6) is 5.75 Å². The molecule has 0 aliphatic heterocycles. The van der Waals surface area contributed by atoms with Gasteiger partial charge in [0.15, 0.2) is 0 Å². The minimum atomic E-state index is -0.517. The zero-order chi connectivity index (χ0) is 26.4. The Morgan fingerprint density at radius 1 is 1.05 bits per heavy atom.